The van der Waals surface area contributed by atoms with Crippen molar-refractivity contribution in [1.82, 2.24) is 0 Å². The quantitative estimate of drug-likeness (QED) is 0.302. The van der Waals surface area contributed by atoms with E-state index in [9.17, 15) is 4.79 Å². The largest absolute Gasteiger partial charge is 0.469 e. The molecule has 0 bridgehead atoms. The summed E-state index contributed by atoms with van der Waals surface area (Å²) in [5.74, 6) is 2.99. The summed E-state index contributed by atoms with van der Waals surface area (Å²) in [5.41, 5.74) is 2.19. The van der Waals surface area contributed by atoms with Crippen molar-refractivity contribution in [2.75, 3.05) is 14.2 Å². The molecule has 5 rings (SSSR count). The van der Waals surface area contributed by atoms with Gasteiger partial charge in [-0.2, -0.15) is 0 Å². The van der Waals surface area contributed by atoms with Gasteiger partial charge in [0.1, 0.15) is 0 Å². The van der Waals surface area contributed by atoms with Crippen LogP contribution < -0.4 is 0 Å². The van der Waals surface area contributed by atoms with Gasteiger partial charge >= 0.3 is 5.97 Å². The second-order valence-corrected chi connectivity index (χ2v) is 14.9. The summed E-state index contributed by atoms with van der Waals surface area (Å²) in [4.78, 5) is 13.4. The van der Waals surface area contributed by atoms with E-state index in [0.29, 0.717) is 34.7 Å². The number of carbonyl (C=O) groups is 1. The van der Waals surface area contributed by atoms with Crippen molar-refractivity contribution in [2.24, 2.45) is 56.7 Å². The maximum Gasteiger partial charge on any atom is 0.312 e. The summed E-state index contributed by atoms with van der Waals surface area (Å²) < 4.78 is 11.6. The Morgan fingerprint density at radius 2 is 1.51 bits per heavy atom. The van der Waals surface area contributed by atoms with E-state index in [1.165, 1.54) is 50.5 Å². The molecule has 0 N–H and O–H groups in total. The molecule has 0 amide bonds. The minimum atomic E-state index is -0.286. The molecule has 3 heteroatoms. The third-order valence-electron chi connectivity index (χ3n) is 13.9. The van der Waals surface area contributed by atoms with Crippen LogP contribution in [0.3, 0.4) is 0 Å². The molecule has 0 saturated heterocycles. The smallest absolute Gasteiger partial charge is 0.312 e. The first-order valence-corrected chi connectivity index (χ1v) is 14.6. The topological polar surface area (TPSA) is 35.5 Å². The molecule has 5 fully saturated rings. The molecule has 10 atom stereocenters. The zero-order valence-corrected chi connectivity index (χ0v) is 24.0. The molecule has 0 spiro atoms. The van der Waals surface area contributed by atoms with Crippen LogP contribution in [-0.2, 0) is 14.3 Å². The standard InChI is InChI=1S/C32H52O3/c1-20(2)21-12-17-32(27(33)35-9)19-18-30(6)22(26(21)32)10-11-24-29(5)15-14-25(34-8)28(3,4)23(29)13-16-31(24,30)7/h21-26H,1,10-19H2,2-9H3. The van der Waals surface area contributed by atoms with Gasteiger partial charge in [-0.3, -0.25) is 4.79 Å². The molecule has 0 aromatic carbocycles. The number of hydrogen-bond donors (Lipinski definition) is 0. The molecule has 5 aliphatic rings. The Morgan fingerprint density at radius 1 is 0.800 bits per heavy atom. The second-order valence-electron chi connectivity index (χ2n) is 14.9. The molecule has 0 heterocycles. The molecule has 5 aliphatic carbocycles. The number of carbonyl (C=O) groups excluding carboxylic acids is 1. The zero-order valence-electron chi connectivity index (χ0n) is 24.0. The average Bonchev–Trinajstić information content (AvgIpc) is 3.20. The molecular weight excluding hydrogens is 432 g/mol. The summed E-state index contributed by atoms with van der Waals surface area (Å²) in [5, 5.41) is 0. The fraction of sp³-hybridized carbons (Fsp3) is 0.906. The van der Waals surface area contributed by atoms with Gasteiger partial charge in [-0.25, -0.2) is 0 Å². The molecule has 0 radical (unpaired) electrons. The summed E-state index contributed by atoms with van der Waals surface area (Å²) in [6.45, 7) is 19.6. The van der Waals surface area contributed by atoms with Crippen molar-refractivity contribution in [1.29, 1.82) is 0 Å². The van der Waals surface area contributed by atoms with Crippen LogP contribution in [0.5, 0.6) is 0 Å². The van der Waals surface area contributed by atoms with E-state index in [0.717, 1.165) is 31.1 Å². The molecule has 3 nitrogen and oxygen atoms in total. The Labute approximate surface area is 215 Å². The number of allylic oxidation sites excluding steroid dienone is 1. The van der Waals surface area contributed by atoms with E-state index in [2.05, 4.69) is 48.1 Å². The second kappa shape index (κ2) is 8.08. The van der Waals surface area contributed by atoms with E-state index >= 15 is 0 Å². The van der Waals surface area contributed by atoms with Gasteiger partial charge in [-0.05, 0) is 122 Å². The minimum Gasteiger partial charge on any atom is -0.469 e. The first-order chi connectivity index (χ1) is 16.3. The lowest BCUT2D eigenvalue weighted by Gasteiger charge is -2.72. The number of ether oxygens (including phenoxy) is 2. The van der Waals surface area contributed by atoms with Gasteiger partial charge in [0.15, 0.2) is 0 Å². The minimum absolute atomic E-state index is 0.0656. The molecule has 0 aliphatic heterocycles. The summed E-state index contributed by atoms with van der Waals surface area (Å²) in [7, 11) is 3.53. The monoisotopic (exact) mass is 484 g/mol. The van der Waals surface area contributed by atoms with Crippen LogP contribution in [0.15, 0.2) is 12.2 Å². The van der Waals surface area contributed by atoms with E-state index in [-0.39, 0.29) is 22.2 Å². The third kappa shape index (κ3) is 3.09. The highest BCUT2D eigenvalue weighted by Gasteiger charge is 2.72. The van der Waals surface area contributed by atoms with Crippen LogP contribution in [-0.4, -0.2) is 26.3 Å². The van der Waals surface area contributed by atoms with Gasteiger partial charge in [0.25, 0.3) is 0 Å². The van der Waals surface area contributed by atoms with Crippen LogP contribution in [0.2, 0.25) is 0 Å². The first kappa shape index (κ1) is 25.8. The van der Waals surface area contributed by atoms with Crippen molar-refractivity contribution < 1.29 is 14.3 Å². The Morgan fingerprint density at radius 3 is 2.14 bits per heavy atom. The highest BCUT2D eigenvalue weighted by Crippen LogP contribution is 2.77. The van der Waals surface area contributed by atoms with Gasteiger partial charge in [0, 0.05) is 7.11 Å². The van der Waals surface area contributed by atoms with Crippen molar-refractivity contribution in [3.8, 4) is 0 Å². The summed E-state index contributed by atoms with van der Waals surface area (Å²) >= 11 is 0. The molecule has 198 valence electrons. The Hall–Kier alpha value is -0.830. The van der Waals surface area contributed by atoms with Gasteiger partial charge < -0.3 is 9.47 Å². The van der Waals surface area contributed by atoms with Gasteiger partial charge in [0.2, 0.25) is 0 Å². The van der Waals surface area contributed by atoms with Crippen molar-refractivity contribution in [3.05, 3.63) is 12.2 Å². The molecule has 10 unspecified atom stereocenters. The fourth-order valence-electron chi connectivity index (χ4n) is 12.1. The van der Waals surface area contributed by atoms with Gasteiger partial charge in [-0.15, -0.1) is 0 Å². The van der Waals surface area contributed by atoms with E-state index in [1.807, 2.05) is 7.11 Å². The zero-order chi connectivity index (χ0) is 25.6. The van der Waals surface area contributed by atoms with Crippen molar-refractivity contribution in [3.63, 3.8) is 0 Å². The number of hydrogen-bond acceptors (Lipinski definition) is 3. The van der Waals surface area contributed by atoms with Crippen LogP contribution >= 0.6 is 0 Å². The highest BCUT2D eigenvalue weighted by molar-refractivity contribution is 5.78. The normalized spacial score (nSPS) is 52.5. The predicted octanol–water partition coefficient (Wildman–Crippen LogP) is 7.83. The van der Waals surface area contributed by atoms with Gasteiger partial charge in [0.05, 0.1) is 18.6 Å². The lowest BCUT2D eigenvalue weighted by Crippen LogP contribution is -2.67. The maximum absolute atomic E-state index is 13.4. The number of rotatable bonds is 3. The third-order valence-corrected chi connectivity index (χ3v) is 13.9. The van der Waals surface area contributed by atoms with Crippen LogP contribution in [0, 0.1) is 56.7 Å². The number of fused-ring (bicyclic) bond motifs is 7. The van der Waals surface area contributed by atoms with E-state index in [4.69, 9.17) is 9.47 Å². The van der Waals surface area contributed by atoms with E-state index in [1.54, 1.807) is 7.11 Å². The van der Waals surface area contributed by atoms with Gasteiger partial charge in [-0.1, -0.05) is 46.8 Å². The lowest BCUT2D eigenvalue weighted by molar-refractivity contribution is -0.250. The molecule has 35 heavy (non-hydrogen) atoms. The molecular formula is C32H52O3. The Bertz CT molecular complexity index is 891. The highest BCUT2D eigenvalue weighted by atomic mass is 16.5. The van der Waals surface area contributed by atoms with E-state index < -0.39 is 0 Å². The van der Waals surface area contributed by atoms with Crippen LogP contribution in [0.1, 0.15) is 106 Å². The Kier molecular flexibility index (Phi) is 5.96. The predicted molar refractivity (Wildman–Crippen MR) is 142 cm³/mol. The SMILES string of the molecule is C=C(C)C1CCC2(C(=O)OC)CCC3(C)C(CCC4C5(C)CCC(OC)C(C)(C)C5CCC43C)C12. The van der Waals surface area contributed by atoms with Crippen LogP contribution in [0.25, 0.3) is 0 Å². The van der Waals surface area contributed by atoms with Crippen molar-refractivity contribution >= 4 is 5.97 Å². The fourth-order valence-corrected chi connectivity index (χ4v) is 12.1. The molecule has 0 aromatic heterocycles. The summed E-state index contributed by atoms with van der Waals surface area (Å²) in [6, 6.07) is 0. The maximum atomic E-state index is 13.4. The average molecular weight is 485 g/mol. The Balaban J connectivity index is 1.55. The van der Waals surface area contributed by atoms with Crippen molar-refractivity contribution in [2.45, 2.75) is 112 Å². The first-order valence-electron chi connectivity index (χ1n) is 14.6. The summed E-state index contributed by atoms with van der Waals surface area (Å²) in [6.07, 6.45) is 12.3. The molecule has 5 saturated carbocycles. The number of methoxy groups -OCH3 is 2. The number of esters is 1. The molecule has 0 aromatic rings. The lowest BCUT2D eigenvalue weighted by atomic mass is 9.32. The van der Waals surface area contributed by atoms with Crippen LogP contribution in [0.4, 0.5) is 0 Å².